The van der Waals surface area contributed by atoms with Crippen molar-refractivity contribution in [2.75, 3.05) is 25.2 Å². The number of carbonyl (C=O) groups excluding carboxylic acids is 3. The van der Waals surface area contributed by atoms with Crippen LogP contribution in [-0.2, 0) is 40.0 Å². The molecule has 0 spiro atoms. The molecule has 38 heavy (non-hydrogen) atoms. The first-order valence-corrected chi connectivity index (χ1v) is 14.2. The first-order chi connectivity index (χ1) is 18.2. The second kappa shape index (κ2) is 11.8. The molecule has 2 aliphatic rings. The van der Waals surface area contributed by atoms with Crippen LogP contribution >= 0.6 is 11.8 Å². The molecule has 2 amide bonds. The lowest BCUT2D eigenvalue weighted by Crippen LogP contribution is -2.71. The molecule has 13 heteroatoms. The smallest absolute Gasteiger partial charge is 0.359 e. The minimum absolute atomic E-state index is 0.0203. The normalized spacial score (nSPS) is 18.7. The molecule has 1 saturated heterocycles. The fourth-order valence-corrected chi connectivity index (χ4v) is 5.57. The van der Waals surface area contributed by atoms with E-state index in [0.29, 0.717) is 17.1 Å². The van der Waals surface area contributed by atoms with Crippen LogP contribution in [0.2, 0.25) is 0 Å². The van der Waals surface area contributed by atoms with E-state index in [0.717, 1.165) is 16.7 Å². The fraction of sp³-hybridized carbons (Fsp3) is 0.320. The maximum Gasteiger partial charge on any atom is 0.359 e. The molecule has 11 nitrogen and oxygen atoms in total. The van der Waals surface area contributed by atoms with E-state index >= 15 is 0 Å². The third-order valence-electron chi connectivity index (χ3n) is 5.67. The Balaban J connectivity index is 1.47. The lowest BCUT2D eigenvalue weighted by molar-refractivity contribution is -0.154. The third kappa shape index (κ3) is 6.22. The molecule has 0 saturated carbocycles. The summed E-state index contributed by atoms with van der Waals surface area (Å²) < 4.78 is 45.4. The zero-order chi connectivity index (χ0) is 27.3. The van der Waals surface area contributed by atoms with Crippen LogP contribution < -0.4 is 14.8 Å². The molecule has 2 aromatic carbocycles. The number of nitrogens with one attached hydrogen (secondary N) is 1. The summed E-state index contributed by atoms with van der Waals surface area (Å²) in [6.07, 6.45) is 0. The number of amides is 2. The lowest BCUT2D eigenvalue weighted by Gasteiger charge is -2.49. The van der Waals surface area contributed by atoms with E-state index in [9.17, 15) is 22.8 Å². The van der Waals surface area contributed by atoms with E-state index in [1.165, 1.54) is 14.0 Å². The Labute approximate surface area is 224 Å². The summed E-state index contributed by atoms with van der Waals surface area (Å²) in [6, 6.07) is 14.6. The van der Waals surface area contributed by atoms with E-state index in [-0.39, 0.29) is 36.2 Å². The van der Waals surface area contributed by atoms with Crippen molar-refractivity contribution in [3.63, 3.8) is 0 Å². The van der Waals surface area contributed by atoms with Crippen molar-refractivity contribution in [3.8, 4) is 11.5 Å². The Bertz CT molecular complexity index is 1330. The molecule has 2 heterocycles. The highest BCUT2D eigenvalue weighted by Gasteiger charge is 2.55. The molecule has 0 aliphatic carbocycles. The highest BCUT2D eigenvalue weighted by molar-refractivity contribution is 8.00. The maximum absolute atomic E-state index is 13.1. The zero-order valence-electron chi connectivity index (χ0n) is 20.6. The van der Waals surface area contributed by atoms with Gasteiger partial charge in [0, 0.05) is 0 Å². The van der Waals surface area contributed by atoms with Crippen LogP contribution in [0.25, 0.3) is 0 Å². The first-order valence-electron chi connectivity index (χ1n) is 11.6. The summed E-state index contributed by atoms with van der Waals surface area (Å²) in [7, 11) is -2.45. The molecule has 0 bridgehead atoms. The molecule has 1 unspecified atom stereocenters. The molecule has 0 radical (unpaired) electrons. The van der Waals surface area contributed by atoms with Crippen LogP contribution in [0.3, 0.4) is 0 Å². The number of fused-ring (bicyclic) bond motifs is 1. The van der Waals surface area contributed by atoms with Gasteiger partial charge in [0.05, 0.1) is 18.6 Å². The topological polar surface area (TPSA) is 138 Å². The Morgan fingerprint density at radius 2 is 1.79 bits per heavy atom. The molecule has 0 aromatic heterocycles. The molecule has 1 fully saturated rings. The average Bonchev–Trinajstić information content (AvgIpc) is 2.93. The molecular weight excluding hydrogens is 536 g/mol. The molecule has 2 aliphatic heterocycles. The minimum atomic E-state index is -3.98. The SMILES string of the molecule is CCS(=O)(=O)OC1=C(C(=O)OCc2ccc(OC)cc2)N2C(=O)C(NC(=O)COc3ccccc3)[C@@H]2SC1. The van der Waals surface area contributed by atoms with Crippen LogP contribution in [0.1, 0.15) is 12.5 Å². The predicted molar refractivity (Wildman–Crippen MR) is 137 cm³/mol. The third-order valence-corrected chi connectivity index (χ3v) is 8.08. The minimum Gasteiger partial charge on any atom is -0.497 e. The summed E-state index contributed by atoms with van der Waals surface area (Å²) in [4.78, 5) is 39.7. The van der Waals surface area contributed by atoms with Gasteiger partial charge in [0.25, 0.3) is 11.8 Å². The van der Waals surface area contributed by atoms with Gasteiger partial charge >= 0.3 is 16.1 Å². The van der Waals surface area contributed by atoms with Gasteiger partial charge in [0.15, 0.2) is 18.1 Å². The number of rotatable bonds is 11. The number of hydrogen-bond acceptors (Lipinski definition) is 10. The van der Waals surface area contributed by atoms with Crippen molar-refractivity contribution in [2.24, 2.45) is 0 Å². The highest BCUT2D eigenvalue weighted by atomic mass is 32.2. The standard InChI is InChI=1S/C25H26N2O9S2/c1-3-38(31,32)36-19-15-37-24-21(26-20(28)14-34-18-7-5-4-6-8-18)23(29)27(24)22(19)25(30)35-13-16-9-11-17(33-2)12-10-16/h4-12,21,24H,3,13-15H2,1-2H3,(H,26,28)/t21?,24-/m0/s1. The van der Waals surface area contributed by atoms with Crippen LogP contribution in [0.5, 0.6) is 11.5 Å². The number of nitrogens with zero attached hydrogens (tertiary/aromatic N) is 1. The number of carbonyl (C=O) groups is 3. The monoisotopic (exact) mass is 562 g/mol. The Kier molecular flexibility index (Phi) is 8.47. The van der Waals surface area contributed by atoms with E-state index in [2.05, 4.69) is 5.32 Å². The molecule has 2 atom stereocenters. The van der Waals surface area contributed by atoms with Gasteiger partial charge in [-0.15, -0.1) is 11.8 Å². The number of para-hydroxylation sites is 1. The number of esters is 1. The summed E-state index contributed by atoms with van der Waals surface area (Å²) in [6.45, 7) is 0.964. The van der Waals surface area contributed by atoms with Gasteiger partial charge in [-0.25, -0.2) is 4.79 Å². The molecule has 4 rings (SSSR count). The Morgan fingerprint density at radius 3 is 2.45 bits per heavy atom. The van der Waals surface area contributed by atoms with Crippen molar-refractivity contribution in [2.45, 2.75) is 24.9 Å². The van der Waals surface area contributed by atoms with Crippen molar-refractivity contribution in [1.82, 2.24) is 10.2 Å². The van der Waals surface area contributed by atoms with Gasteiger partial charge in [-0.05, 0) is 36.8 Å². The summed E-state index contributed by atoms with van der Waals surface area (Å²) in [5.74, 6) is -1.45. The number of methoxy groups -OCH3 is 1. The van der Waals surface area contributed by atoms with Crippen molar-refractivity contribution in [3.05, 3.63) is 71.6 Å². The van der Waals surface area contributed by atoms with Gasteiger partial charge in [0.2, 0.25) is 0 Å². The van der Waals surface area contributed by atoms with Crippen molar-refractivity contribution < 1.29 is 41.2 Å². The number of benzene rings is 2. The van der Waals surface area contributed by atoms with Gasteiger partial charge in [-0.2, -0.15) is 8.42 Å². The predicted octanol–water partition coefficient (Wildman–Crippen LogP) is 1.80. The molecule has 202 valence electrons. The average molecular weight is 563 g/mol. The second-order valence-electron chi connectivity index (χ2n) is 8.18. The number of hydrogen-bond donors (Lipinski definition) is 1. The highest BCUT2D eigenvalue weighted by Crippen LogP contribution is 2.41. The number of thioether (sulfide) groups is 1. The van der Waals surface area contributed by atoms with E-state index in [1.54, 1.807) is 48.5 Å². The van der Waals surface area contributed by atoms with Crippen molar-refractivity contribution >= 4 is 39.7 Å². The zero-order valence-corrected chi connectivity index (χ0v) is 22.3. The second-order valence-corrected chi connectivity index (χ2v) is 11.1. The van der Waals surface area contributed by atoms with Gasteiger partial charge in [-0.1, -0.05) is 30.3 Å². The van der Waals surface area contributed by atoms with Gasteiger partial charge in [-0.3, -0.25) is 14.5 Å². The quantitative estimate of drug-likeness (QED) is 0.245. The fourth-order valence-electron chi connectivity index (χ4n) is 3.68. The van der Waals surface area contributed by atoms with Crippen LogP contribution in [-0.4, -0.2) is 67.7 Å². The number of β-lactam (4-membered cyclic amide) rings is 1. The number of ether oxygens (including phenoxy) is 3. The van der Waals surface area contributed by atoms with Crippen LogP contribution in [0.4, 0.5) is 0 Å². The first kappa shape index (κ1) is 27.3. The maximum atomic E-state index is 13.1. The largest absolute Gasteiger partial charge is 0.497 e. The van der Waals surface area contributed by atoms with E-state index in [1.807, 2.05) is 6.07 Å². The van der Waals surface area contributed by atoms with Crippen LogP contribution in [0, 0.1) is 0 Å². The molecular formula is C25H26N2O9S2. The molecule has 1 N–H and O–H groups in total. The lowest BCUT2D eigenvalue weighted by atomic mass is 10.0. The van der Waals surface area contributed by atoms with E-state index in [4.69, 9.17) is 18.4 Å². The van der Waals surface area contributed by atoms with E-state index < -0.39 is 39.3 Å². The Hall–Kier alpha value is -3.71. The summed E-state index contributed by atoms with van der Waals surface area (Å²) in [5, 5.41) is 1.97. The van der Waals surface area contributed by atoms with Gasteiger partial charge < -0.3 is 23.7 Å². The Morgan fingerprint density at radius 1 is 1.08 bits per heavy atom. The molecule has 2 aromatic rings. The van der Waals surface area contributed by atoms with Crippen LogP contribution in [0.15, 0.2) is 66.1 Å². The summed E-state index contributed by atoms with van der Waals surface area (Å²) in [5.41, 5.74) is 0.360. The van der Waals surface area contributed by atoms with Crippen molar-refractivity contribution in [1.29, 1.82) is 0 Å². The van der Waals surface area contributed by atoms with Gasteiger partial charge in [0.1, 0.15) is 29.5 Å². The summed E-state index contributed by atoms with van der Waals surface area (Å²) >= 11 is 1.16.